The smallest absolute Gasteiger partial charge is 0.251 e. The molecule has 4 heteroatoms. The first-order valence-corrected chi connectivity index (χ1v) is 7.82. The fraction of sp³-hybridized carbons (Fsp3) is 0.533. The molecule has 2 rings (SSSR count). The third-order valence-corrected chi connectivity index (χ3v) is 4.96. The number of thioether (sulfide) groups is 1. The standard InChI is InChI=1S/C15H22N2OS/c1-15(2)8-13(9-19-10-15)17-12-6-4-5-11(7-12)14(18)16-3/h4-7,13,17H,8-10H2,1-3H3,(H,16,18). The van der Waals surface area contributed by atoms with Crippen LogP contribution in [0.5, 0.6) is 0 Å². The van der Waals surface area contributed by atoms with Gasteiger partial charge in [0, 0.05) is 30.1 Å². The zero-order valence-electron chi connectivity index (χ0n) is 11.8. The summed E-state index contributed by atoms with van der Waals surface area (Å²) in [5.41, 5.74) is 2.12. The van der Waals surface area contributed by atoms with Gasteiger partial charge in [-0.05, 0) is 35.8 Å². The third-order valence-electron chi connectivity index (χ3n) is 3.33. The highest BCUT2D eigenvalue weighted by Gasteiger charge is 2.28. The average molecular weight is 278 g/mol. The second-order valence-electron chi connectivity index (χ2n) is 5.88. The lowest BCUT2D eigenvalue weighted by molar-refractivity contribution is 0.0963. The van der Waals surface area contributed by atoms with Gasteiger partial charge in [-0.15, -0.1) is 0 Å². The molecule has 1 amide bonds. The molecule has 1 saturated heterocycles. The summed E-state index contributed by atoms with van der Waals surface area (Å²) in [7, 11) is 1.66. The highest BCUT2D eigenvalue weighted by atomic mass is 32.2. The Morgan fingerprint density at radius 1 is 1.42 bits per heavy atom. The van der Waals surface area contributed by atoms with Gasteiger partial charge in [0.2, 0.25) is 0 Å². The maximum absolute atomic E-state index is 11.6. The Labute approximate surface area is 119 Å². The van der Waals surface area contributed by atoms with Gasteiger partial charge in [0.15, 0.2) is 0 Å². The van der Waals surface area contributed by atoms with Crippen molar-refractivity contribution in [2.75, 3.05) is 23.9 Å². The van der Waals surface area contributed by atoms with Crippen LogP contribution in [0.2, 0.25) is 0 Å². The largest absolute Gasteiger partial charge is 0.381 e. The SMILES string of the molecule is CNC(=O)c1cccc(NC2CSCC(C)(C)C2)c1. The number of nitrogens with one attached hydrogen (secondary N) is 2. The zero-order chi connectivity index (χ0) is 13.9. The lowest BCUT2D eigenvalue weighted by Crippen LogP contribution is -2.35. The summed E-state index contributed by atoms with van der Waals surface area (Å²) in [5, 5.41) is 6.21. The van der Waals surface area contributed by atoms with E-state index >= 15 is 0 Å². The van der Waals surface area contributed by atoms with Crippen LogP contribution in [0.15, 0.2) is 24.3 Å². The van der Waals surface area contributed by atoms with Gasteiger partial charge >= 0.3 is 0 Å². The monoisotopic (exact) mass is 278 g/mol. The molecule has 0 radical (unpaired) electrons. The first-order valence-electron chi connectivity index (χ1n) is 6.67. The van der Waals surface area contributed by atoms with Crippen LogP contribution in [0.3, 0.4) is 0 Å². The molecule has 1 heterocycles. The Hall–Kier alpha value is -1.16. The van der Waals surface area contributed by atoms with Crippen LogP contribution < -0.4 is 10.6 Å². The van der Waals surface area contributed by atoms with Crippen molar-refractivity contribution in [1.82, 2.24) is 5.32 Å². The Morgan fingerprint density at radius 3 is 2.89 bits per heavy atom. The summed E-state index contributed by atoms with van der Waals surface area (Å²) in [5.74, 6) is 2.32. The van der Waals surface area contributed by atoms with Gasteiger partial charge in [0.1, 0.15) is 0 Å². The molecule has 104 valence electrons. The molecule has 0 aromatic heterocycles. The molecule has 0 saturated carbocycles. The number of anilines is 1. The molecule has 3 nitrogen and oxygen atoms in total. The van der Waals surface area contributed by atoms with Crippen LogP contribution in [-0.2, 0) is 0 Å². The van der Waals surface area contributed by atoms with Gasteiger partial charge in [-0.25, -0.2) is 0 Å². The number of rotatable bonds is 3. The number of hydrogen-bond donors (Lipinski definition) is 2. The first kappa shape index (κ1) is 14.3. The Bertz CT molecular complexity index is 459. The number of benzene rings is 1. The van der Waals surface area contributed by atoms with Crippen molar-refractivity contribution in [2.24, 2.45) is 5.41 Å². The summed E-state index contributed by atoms with van der Waals surface area (Å²) >= 11 is 2.00. The molecule has 1 fully saturated rings. The maximum atomic E-state index is 11.6. The average Bonchev–Trinajstić information content (AvgIpc) is 2.37. The number of amides is 1. The molecule has 1 aliphatic rings. The normalized spacial score (nSPS) is 21.7. The molecule has 1 aromatic rings. The molecule has 0 bridgehead atoms. The van der Waals surface area contributed by atoms with Crippen LogP contribution in [-0.4, -0.2) is 30.5 Å². The Balaban J connectivity index is 2.05. The Morgan fingerprint density at radius 2 is 2.21 bits per heavy atom. The minimum atomic E-state index is -0.0398. The summed E-state index contributed by atoms with van der Waals surface area (Å²) in [4.78, 5) is 11.6. The van der Waals surface area contributed by atoms with Crippen molar-refractivity contribution >= 4 is 23.4 Å². The van der Waals surface area contributed by atoms with E-state index in [4.69, 9.17) is 0 Å². The topological polar surface area (TPSA) is 41.1 Å². The van der Waals surface area contributed by atoms with Crippen molar-refractivity contribution in [3.63, 3.8) is 0 Å². The second-order valence-corrected chi connectivity index (χ2v) is 6.91. The summed E-state index contributed by atoms with van der Waals surface area (Å²) in [6.45, 7) is 4.63. The van der Waals surface area contributed by atoms with Crippen LogP contribution in [0, 0.1) is 5.41 Å². The van der Waals surface area contributed by atoms with Gasteiger partial charge in [0.25, 0.3) is 5.91 Å². The maximum Gasteiger partial charge on any atom is 0.251 e. The lowest BCUT2D eigenvalue weighted by atomic mass is 9.88. The fourth-order valence-electron chi connectivity index (χ4n) is 2.49. The first-order chi connectivity index (χ1) is 9.00. The summed E-state index contributed by atoms with van der Waals surface area (Å²) < 4.78 is 0. The van der Waals surface area contributed by atoms with E-state index in [1.807, 2.05) is 36.0 Å². The van der Waals surface area contributed by atoms with Crippen molar-refractivity contribution in [2.45, 2.75) is 26.3 Å². The van der Waals surface area contributed by atoms with Crippen LogP contribution in [0.4, 0.5) is 5.69 Å². The highest BCUT2D eigenvalue weighted by Crippen LogP contribution is 2.34. The predicted octanol–water partition coefficient (Wildman–Crippen LogP) is 2.99. The molecule has 0 aliphatic carbocycles. The summed E-state index contributed by atoms with van der Waals surface area (Å²) in [6, 6.07) is 8.19. The minimum absolute atomic E-state index is 0.0398. The minimum Gasteiger partial charge on any atom is -0.381 e. The van der Waals surface area contributed by atoms with E-state index in [1.165, 1.54) is 12.2 Å². The molecular weight excluding hydrogens is 256 g/mol. The van der Waals surface area contributed by atoms with Gasteiger partial charge in [-0.3, -0.25) is 4.79 Å². The van der Waals surface area contributed by atoms with Crippen molar-refractivity contribution < 1.29 is 4.79 Å². The van der Waals surface area contributed by atoms with E-state index in [1.54, 1.807) is 7.05 Å². The van der Waals surface area contributed by atoms with Gasteiger partial charge in [-0.2, -0.15) is 11.8 Å². The number of carbonyl (C=O) groups is 1. The molecule has 1 aromatic carbocycles. The highest BCUT2D eigenvalue weighted by molar-refractivity contribution is 7.99. The zero-order valence-corrected chi connectivity index (χ0v) is 12.6. The van der Waals surface area contributed by atoms with E-state index in [9.17, 15) is 4.79 Å². The molecule has 1 aliphatic heterocycles. The van der Waals surface area contributed by atoms with E-state index < -0.39 is 0 Å². The lowest BCUT2D eigenvalue weighted by Gasteiger charge is -2.35. The van der Waals surface area contributed by atoms with Crippen molar-refractivity contribution in [1.29, 1.82) is 0 Å². The molecule has 0 spiro atoms. The molecule has 1 atom stereocenters. The van der Waals surface area contributed by atoms with Crippen molar-refractivity contribution in [3.05, 3.63) is 29.8 Å². The van der Waals surface area contributed by atoms with Gasteiger partial charge < -0.3 is 10.6 Å². The number of carbonyl (C=O) groups excluding carboxylic acids is 1. The van der Waals surface area contributed by atoms with Crippen LogP contribution in [0.25, 0.3) is 0 Å². The third kappa shape index (κ3) is 3.90. The second kappa shape index (κ2) is 5.87. The van der Waals surface area contributed by atoms with Crippen molar-refractivity contribution in [3.8, 4) is 0 Å². The van der Waals surface area contributed by atoms with Crippen LogP contribution in [0.1, 0.15) is 30.6 Å². The van der Waals surface area contributed by atoms with E-state index in [0.29, 0.717) is 17.0 Å². The molecule has 19 heavy (non-hydrogen) atoms. The van der Waals surface area contributed by atoms with Gasteiger partial charge in [0.05, 0.1) is 0 Å². The quantitative estimate of drug-likeness (QED) is 0.893. The number of hydrogen-bond acceptors (Lipinski definition) is 3. The summed E-state index contributed by atoms with van der Waals surface area (Å²) in [6.07, 6.45) is 1.17. The van der Waals surface area contributed by atoms with E-state index in [-0.39, 0.29) is 5.91 Å². The molecule has 2 N–H and O–H groups in total. The fourth-order valence-corrected chi connectivity index (χ4v) is 3.76. The van der Waals surface area contributed by atoms with E-state index in [0.717, 1.165) is 11.4 Å². The molecule has 1 unspecified atom stereocenters. The Kier molecular flexibility index (Phi) is 4.40. The van der Waals surface area contributed by atoms with E-state index in [2.05, 4.69) is 24.5 Å². The molecular formula is C15H22N2OS. The van der Waals surface area contributed by atoms with Gasteiger partial charge in [-0.1, -0.05) is 19.9 Å². The van der Waals surface area contributed by atoms with Crippen LogP contribution >= 0.6 is 11.8 Å². The predicted molar refractivity (Wildman–Crippen MR) is 83.0 cm³/mol.